The van der Waals surface area contributed by atoms with E-state index >= 15 is 0 Å². The maximum Gasteiger partial charge on any atom is 0.295 e. The van der Waals surface area contributed by atoms with E-state index in [-0.39, 0.29) is 5.91 Å². The molecule has 0 radical (unpaired) electrons. The zero-order valence-electron chi connectivity index (χ0n) is 16.9. The number of furan rings is 1. The molecular formula is C21H22N6O2S. The zero-order chi connectivity index (χ0) is 20.7. The van der Waals surface area contributed by atoms with Gasteiger partial charge in [0.1, 0.15) is 5.76 Å². The molecule has 4 heterocycles. The van der Waals surface area contributed by atoms with E-state index in [0.717, 1.165) is 30.5 Å². The van der Waals surface area contributed by atoms with Crippen LogP contribution in [0.25, 0.3) is 11.3 Å². The van der Waals surface area contributed by atoms with Gasteiger partial charge in [-0.2, -0.15) is 10.2 Å². The molecule has 0 saturated heterocycles. The van der Waals surface area contributed by atoms with Crippen molar-refractivity contribution in [3.05, 3.63) is 58.9 Å². The lowest BCUT2D eigenvalue weighted by atomic mass is 10.0. The van der Waals surface area contributed by atoms with Gasteiger partial charge in [-0.25, -0.2) is 4.98 Å². The summed E-state index contributed by atoms with van der Waals surface area (Å²) in [5, 5.41) is 9.28. The number of carbonyl (C=O) groups is 1. The molecule has 0 saturated carbocycles. The van der Waals surface area contributed by atoms with E-state index in [2.05, 4.69) is 17.1 Å². The minimum Gasteiger partial charge on any atom is -0.454 e. The van der Waals surface area contributed by atoms with Crippen molar-refractivity contribution in [2.24, 2.45) is 7.05 Å². The Morgan fingerprint density at radius 2 is 2.20 bits per heavy atom. The Kier molecular flexibility index (Phi) is 4.74. The SMILES string of the molecule is CCCN(C(=O)c1ccc(Cn2cccn2)o1)c1nc2c(s1)CCc1c-2cnn1C. The maximum absolute atomic E-state index is 13.3. The maximum atomic E-state index is 13.3. The van der Waals surface area contributed by atoms with Gasteiger partial charge in [0.05, 0.1) is 18.4 Å². The molecule has 154 valence electrons. The molecule has 0 unspecified atom stereocenters. The lowest BCUT2D eigenvalue weighted by molar-refractivity contribution is 0.0958. The van der Waals surface area contributed by atoms with Gasteiger partial charge < -0.3 is 4.42 Å². The van der Waals surface area contributed by atoms with Gasteiger partial charge in [-0.15, -0.1) is 11.3 Å². The normalized spacial score (nSPS) is 12.6. The Morgan fingerprint density at radius 3 is 3.00 bits per heavy atom. The van der Waals surface area contributed by atoms with Gasteiger partial charge in [-0.05, 0) is 37.5 Å². The fraction of sp³-hybridized carbons (Fsp3) is 0.333. The lowest BCUT2D eigenvalue weighted by Crippen LogP contribution is -2.31. The molecule has 0 spiro atoms. The van der Waals surface area contributed by atoms with Crippen molar-refractivity contribution in [1.82, 2.24) is 24.5 Å². The predicted octanol–water partition coefficient (Wildman–Crippen LogP) is 3.54. The fourth-order valence-electron chi connectivity index (χ4n) is 3.80. The smallest absolute Gasteiger partial charge is 0.295 e. The molecule has 4 aromatic heterocycles. The fourth-order valence-corrected chi connectivity index (χ4v) is 4.89. The first-order chi connectivity index (χ1) is 14.6. The molecule has 1 aliphatic carbocycles. The van der Waals surface area contributed by atoms with Crippen molar-refractivity contribution in [2.75, 3.05) is 11.4 Å². The summed E-state index contributed by atoms with van der Waals surface area (Å²) in [5.41, 5.74) is 3.23. The summed E-state index contributed by atoms with van der Waals surface area (Å²) in [6.45, 7) is 3.13. The molecule has 30 heavy (non-hydrogen) atoms. The number of rotatable bonds is 6. The Labute approximate surface area is 177 Å². The van der Waals surface area contributed by atoms with Crippen LogP contribution in [-0.2, 0) is 26.4 Å². The van der Waals surface area contributed by atoms with E-state index in [1.54, 1.807) is 33.2 Å². The molecule has 0 fully saturated rings. The summed E-state index contributed by atoms with van der Waals surface area (Å²) >= 11 is 1.59. The first-order valence-electron chi connectivity index (χ1n) is 10.0. The van der Waals surface area contributed by atoms with Gasteiger partial charge in [0.25, 0.3) is 5.91 Å². The van der Waals surface area contributed by atoms with E-state index in [1.807, 2.05) is 36.3 Å². The highest BCUT2D eigenvalue weighted by atomic mass is 32.1. The second kappa shape index (κ2) is 7.56. The monoisotopic (exact) mass is 422 g/mol. The first kappa shape index (κ1) is 18.8. The average molecular weight is 423 g/mol. The van der Waals surface area contributed by atoms with Crippen LogP contribution in [0.3, 0.4) is 0 Å². The molecule has 5 rings (SSSR count). The topological polar surface area (TPSA) is 82.0 Å². The molecule has 8 nitrogen and oxygen atoms in total. The van der Waals surface area contributed by atoms with Crippen molar-refractivity contribution >= 4 is 22.4 Å². The molecule has 0 N–H and O–H groups in total. The number of thiazole rings is 1. The van der Waals surface area contributed by atoms with Gasteiger partial charge in [-0.3, -0.25) is 19.1 Å². The molecule has 9 heteroatoms. The van der Waals surface area contributed by atoms with Crippen LogP contribution in [0.2, 0.25) is 0 Å². The van der Waals surface area contributed by atoms with Gasteiger partial charge in [0.15, 0.2) is 10.9 Å². The highest BCUT2D eigenvalue weighted by molar-refractivity contribution is 7.16. The molecule has 4 aromatic rings. The predicted molar refractivity (Wildman–Crippen MR) is 114 cm³/mol. The summed E-state index contributed by atoms with van der Waals surface area (Å²) in [4.78, 5) is 21.1. The molecule has 0 aliphatic heterocycles. The zero-order valence-corrected chi connectivity index (χ0v) is 17.7. The van der Waals surface area contributed by atoms with Gasteiger partial charge in [0, 0.05) is 42.1 Å². The van der Waals surface area contributed by atoms with Gasteiger partial charge in [0.2, 0.25) is 0 Å². The number of amides is 1. The van der Waals surface area contributed by atoms with E-state index in [1.165, 1.54) is 10.6 Å². The van der Waals surface area contributed by atoms with Crippen LogP contribution in [0.4, 0.5) is 5.13 Å². The van der Waals surface area contributed by atoms with E-state index in [4.69, 9.17) is 9.40 Å². The third kappa shape index (κ3) is 3.24. The Bertz CT molecular complexity index is 1190. The van der Waals surface area contributed by atoms with Gasteiger partial charge in [-0.1, -0.05) is 6.92 Å². The van der Waals surface area contributed by atoms with Crippen LogP contribution in [0.5, 0.6) is 0 Å². The second-order valence-electron chi connectivity index (χ2n) is 7.32. The van der Waals surface area contributed by atoms with E-state index < -0.39 is 0 Å². The summed E-state index contributed by atoms with van der Waals surface area (Å²) in [5.74, 6) is 0.846. The third-order valence-corrected chi connectivity index (χ3v) is 6.40. The molecule has 1 aliphatic rings. The van der Waals surface area contributed by atoms with E-state index in [9.17, 15) is 4.79 Å². The molecule has 0 bridgehead atoms. The average Bonchev–Trinajstić information content (AvgIpc) is 3.53. The summed E-state index contributed by atoms with van der Waals surface area (Å²) in [6, 6.07) is 5.42. The largest absolute Gasteiger partial charge is 0.454 e. The summed E-state index contributed by atoms with van der Waals surface area (Å²) < 4.78 is 9.51. The number of nitrogens with zero attached hydrogens (tertiary/aromatic N) is 6. The molecular weight excluding hydrogens is 400 g/mol. The third-order valence-electron chi connectivity index (χ3n) is 5.26. The van der Waals surface area contributed by atoms with Crippen molar-refractivity contribution in [1.29, 1.82) is 0 Å². The minimum atomic E-state index is -0.166. The van der Waals surface area contributed by atoms with Crippen LogP contribution in [0, 0.1) is 0 Å². The number of fused-ring (bicyclic) bond motifs is 3. The van der Waals surface area contributed by atoms with Crippen molar-refractivity contribution in [3.8, 4) is 11.3 Å². The van der Waals surface area contributed by atoms with Crippen LogP contribution >= 0.6 is 11.3 Å². The number of hydrogen-bond acceptors (Lipinski definition) is 6. The summed E-state index contributed by atoms with van der Waals surface area (Å²) in [7, 11) is 1.96. The Morgan fingerprint density at radius 1 is 1.30 bits per heavy atom. The van der Waals surface area contributed by atoms with Crippen molar-refractivity contribution in [2.45, 2.75) is 32.7 Å². The highest BCUT2D eigenvalue weighted by Gasteiger charge is 2.28. The number of aromatic nitrogens is 5. The van der Waals surface area contributed by atoms with Gasteiger partial charge >= 0.3 is 0 Å². The molecule has 1 amide bonds. The van der Waals surface area contributed by atoms with Crippen molar-refractivity contribution in [3.63, 3.8) is 0 Å². The standard InChI is InChI=1S/C21H22N6O2S/c1-3-10-27(20(28)17-7-5-14(29-17)13-26-11-4-9-22-26)21-24-19-15-12-23-25(2)16(15)6-8-18(19)30-21/h4-5,7,9,11-12H,3,6,8,10,13H2,1-2H3. The lowest BCUT2D eigenvalue weighted by Gasteiger charge is -2.17. The quantitative estimate of drug-likeness (QED) is 0.475. The molecule has 0 aromatic carbocycles. The number of hydrogen-bond donors (Lipinski definition) is 0. The van der Waals surface area contributed by atoms with Crippen LogP contribution in [0.15, 0.2) is 41.2 Å². The van der Waals surface area contributed by atoms with Crippen LogP contribution in [0.1, 0.15) is 40.2 Å². The Balaban J connectivity index is 1.43. The number of carbonyl (C=O) groups excluding carboxylic acids is 1. The summed E-state index contributed by atoms with van der Waals surface area (Å²) in [6.07, 6.45) is 8.14. The second-order valence-corrected chi connectivity index (χ2v) is 8.39. The molecule has 0 atom stereocenters. The first-order valence-corrected chi connectivity index (χ1v) is 10.8. The van der Waals surface area contributed by atoms with E-state index in [0.29, 0.717) is 29.7 Å². The Hall–Kier alpha value is -3.20. The minimum absolute atomic E-state index is 0.166. The van der Waals surface area contributed by atoms with Crippen LogP contribution in [-0.4, -0.2) is 37.0 Å². The number of aryl methyl sites for hydroxylation is 2. The van der Waals surface area contributed by atoms with Crippen LogP contribution < -0.4 is 4.90 Å². The number of anilines is 1. The van der Waals surface area contributed by atoms with Crippen molar-refractivity contribution < 1.29 is 9.21 Å². The highest BCUT2D eigenvalue weighted by Crippen LogP contribution is 2.39.